The summed E-state index contributed by atoms with van der Waals surface area (Å²) in [5.41, 5.74) is 1.84. The molecule has 0 heterocycles. The van der Waals surface area contributed by atoms with Crippen LogP contribution in [0.2, 0.25) is 0 Å². The number of Topliss-reactive ketones (excluding diaryl/α,β-unsaturated/α-hetero) is 1. The van der Waals surface area contributed by atoms with Crippen molar-refractivity contribution < 1.29 is 9.18 Å². The molecule has 0 aliphatic rings. The highest BCUT2D eigenvalue weighted by atomic mass is 19.1. The van der Waals surface area contributed by atoms with E-state index in [0.717, 1.165) is 5.56 Å². The number of carbonyl (C=O) groups is 1. The third kappa shape index (κ3) is 2.59. The first-order valence-electron chi connectivity index (χ1n) is 5.50. The number of hydrogen-bond acceptors (Lipinski definition) is 1. The van der Waals surface area contributed by atoms with E-state index < -0.39 is 0 Å². The zero-order valence-electron chi connectivity index (χ0n) is 9.61. The first-order valence-corrected chi connectivity index (χ1v) is 5.50. The van der Waals surface area contributed by atoms with Crippen LogP contribution in [0.15, 0.2) is 48.5 Å². The number of hydrogen-bond donors (Lipinski definition) is 0. The van der Waals surface area contributed by atoms with Gasteiger partial charge in [-0.3, -0.25) is 4.79 Å². The quantitative estimate of drug-likeness (QED) is 0.734. The number of halogens is 1. The third-order valence-corrected chi connectivity index (χ3v) is 2.78. The number of ketones is 1. The lowest BCUT2D eigenvalue weighted by molar-refractivity contribution is 0.0992. The summed E-state index contributed by atoms with van der Waals surface area (Å²) in [5.74, 6) is -0.378. The third-order valence-electron chi connectivity index (χ3n) is 2.78. The van der Waals surface area contributed by atoms with Gasteiger partial charge >= 0.3 is 0 Å². The summed E-state index contributed by atoms with van der Waals surface area (Å²) < 4.78 is 13.3. The lowest BCUT2D eigenvalue weighted by atomic mass is 9.99. The molecule has 2 heteroatoms. The minimum absolute atomic E-state index is 0.0480. The van der Waals surface area contributed by atoms with Crippen molar-refractivity contribution in [3.63, 3.8) is 0 Å². The molecule has 0 spiro atoms. The van der Waals surface area contributed by atoms with Gasteiger partial charge in [-0.15, -0.1) is 0 Å². The molecule has 86 valence electrons. The van der Waals surface area contributed by atoms with Crippen molar-refractivity contribution in [2.75, 3.05) is 0 Å². The van der Waals surface area contributed by atoms with Crippen molar-refractivity contribution >= 4 is 5.78 Å². The van der Waals surface area contributed by atoms with E-state index in [2.05, 4.69) is 0 Å². The fourth-order valence-corrected chi connectivity index (χ4v) is 1.79. The molecule has 2 aromatic rings. The summed E-state index contributed by atoms with van der Waals surface area (Å²) in [6, 6.07) is 14.1. The second-order valence-electron chi connectivity index (χ2n) is 4.00. The van der Waals surface area contributed by atoms with Gasteiger partial charge in [-0.1, -0.05) is 42.5 Å². The predicted octanol–water partition coefficient (Wildman–Crippen LogP) is 3.56. The summed E-state index contributed by atoms with van der Waals surface area (Å²) in [4.78, 5) is 12.0. The molecule has 2 aromatic carbocycles. The van der Waals surface area contributed by atoms with Gasteiger partial charge in [-0.05, 0) is 24.1 Å². The van der Waals surface area contributed by atoms with Crippen molar-refractivity contribution in [3.8, 4) is 0 Å². The summed E-state index contributed by atoms with van der Waals surface area (Å²) in [6.45, 7) is 1.63. The first kappa shape index (κ1) is 11.5. The highest BCUT2D eigenvalue weighted by Gasteiger charge is 2.11. The molecule has 1 nitrogen and oxygen atoms in total. The Morgan fingerprint density at radius 2 is 1.76 bits per heavy atom. The largest absolute Gasteiger partial charge is 0.294 e. The summed E-state index contributed by atoms with van der Waals surface area (Å²) in [7, 11) is 0. The van der Waals surface area contributed by atoms with Crippen LogP contribution >= 0.6 is 0 Å². The van der Waals surface area contributed by atoms with Crippen molar-refractivity contribution in [2.24, 2.45) is 0 Å². The van der Waals surface area contributed by atoms with E-state index in [1.165, 1.54) is 6.07 Å². The Morgan fingerprint density at radius 1 is 1.06 bits per heavy atom. The second-order valence-corrected chi connectivity index (χ2v) is 4.00. The van der Waals surface area contributed by atoms with Crippen molar-refractivity contribution in [3.05, 3.63) is 71.0 Å². The lowest BCUT2D eigenvalue weighted by Gasteiger charge is -2.05. The van der Waals surface area contributed by atoms with Crippen molar-refractivity contribution in [2.45, 2.75) is 13.3 Å². The Balaban J connectivity index is 2.24. The van der Waals surface area contributed by atoms with Crippen LogP contribution < -0.4 is 0 Å². The smallest absolute Gasteiger partial charge is 0.167 e. The monoisotopic (exact) mass is 228 g/mol. The Kier molecular flexibility index (Phi) is 3.33. The van der Waals surface area contributed by atoms with Crippen LogP contribution in [0, 0.1) is 12.7 Å². The molecule has 0 N–H and O–H groups in total. The Labute approximate surface area is 99.9 Å². The van der Waals surface area contributed by atoms with Gasteiger partial charge in [0.1, 0.15) is 5.82 Å². The maximum absolute atomic E-state index is 13.3. The molecule has 0 unspecified atom stereocenters. The normalized spacial score (nSPS) is 10.2. The lowest BCUT2D eigenvalue weighted by Crippen LogP contribution is -2.06. The molecule has 0 saturated heterocycles. The van der Waals surface area contributed by atoms with E-state index in [4.69, 9.17) is 0 Å². The Hall–Kier alpha value is -1.96. The maximum Gasteiger partial charge on any atom is 0.167 e. The number of benzene rings is 2. The standard InChI is InChI=1S/C15H13FO/c1-11-13(8-5-9-14(11)16)15(17)10-12-6-3-2-4-7-12/h2-9H,10H2,1H3. The molecular formula is C15H13FO. The van der Waals surface area contributed by atoms with Crippen molar-refractivity contribution in [1.82, 2.24) is 0 Å². The molecule has 0 radical (unpaired) electrons. The van der Waals surface area contributed by atoms with Crippen LogP contribution in [0.5, 0.6) is 0 Å². The zero-order chi connectivity index (χ0) is 12.3. The van der Waals surface area contributed by atoms with Crippen LogP contribution in [0.3, 0.4) is 0 Å². The van der Waals surface area contributed by atoms with E-state index >= 15 is 0 Å². The van der Waals surface area contributed by atoms with Gasteiger partial charge in [0, 0.05) is 12.0 Å². The number of rotatable bonds is 3. The molecule has 0 aromatic heterocycles. The minimum Gasteiger partial charge on any atom is -0.294 e. The number of carbonyl (C=O) groups excluding carboxylic acids is 1. The predicted molar refractivity (Wildman–Crippen MR) is 65.6 cm³/mol. The molecule has 0 atom stereocenters. The van der Waals surface area contributed by atoms with Crippen LogP contribution in [0.1, 0.15) is 21.5 Å². The highest BCUT2D eigenvalue weighted by Crippen LogP contribution is 2.15. The van der Waals surface area contributed by atoms with E-state index in [1.54, 1.807) is 19.1 Å². The average molecular weight is 228 g/mol. The summed E-state index contributed by atoms with van der Waals surface area (Å²) >= 11 is 0. The SMILES string of the molecule is Cc1c(F)cccc1C(=O)Cc1ccccc1. The molecule has 0 fully saturated rings. The fourth-order valence-electron chi connectivity index (χ4n) is 1.79. The minimum atomic E-state index is -0.330. The van der Waals surface area contributed by atoms with Gasteiger partial charge in [0.2, 0.25) is 0 Å². The molecule has 0 aliphatic carbocycles. The van der Waals surface area contributed by atoms with E-state index in [9.17, 15) is 9.18 Å². The van der Waals surface area contributed by atoms with E-state index in [1.807, 2.05) is 30.3 Å². The van der Waals surface area contributed by atoms with Gasteiger partial charge in [-0.25, -0.2) is 4.39 Å². The molecular weight excluding hydrogens is 215 g/mol. The van der Waals surface area contributed by atoms with Crippen LogP contribution in [0.4, 0.5) is 4.39 Å². The molecule has 0 bridgehead atoms. The summed E-state index contributed by atoms with van der Waals surface area (Å²) in [6.07, 6.45) is 0.311. The molecule has 0 amide bonds. The molecule has 0 aliphatic heterocycles. The average Bonchev–Trinajstić information content (AvgIpc) is 2.34. The Bertz CT molecular complexity index is 532. The van der Waals surface area contributed by atoms with Gasteiger partial charge in [0.05, 0.1) is 0 Å². The van der Waals surface area contributed by atoms with E-state index in [0.29, 0.717) is 17.5 Å². The Morgan fingerprint density at radius 3 is 2.47 bits per heavy atom. The van der Waals surface area contributed by atoms with Crippen molar-refractivity contribution in [1.29, 1.82) is 0 Å². The van der Waals surface area contributed by atoms with Gasteiger partial charge in [0.25, 0.3) is 0 Å². The summed E-state index contributed by atoms with van der Waals surface area (Å²) in [5, 5.41) is 0. The molecule has 0 saturated carbocycles. The highest BCUT2D eigenvalue weighted by molar-refractivity contribution is 5.98. The van der Waals surface area contributed by atoms with E-state index in [-0.39, 0.29) is 11.6 Å². The maximum atomic E-state index is 13.3. The molecule has 2 rings (SSSR count). The van der Waals surface area contributed by atoms with Crippen LogP contribution in [-0.4, -0.2) is 5.78 Å². The second kappa shape index (κ2) is 4.91. The fraction of sp³-hybridized carbons (Fsp3) is 0.133. The molecule has 17 heavy (non-hydrogen) atoms. The first-order chi connectivity index (χ1) is 8.18. The van der Waals surface area contributed by atoms with Crippen LogP contribution in [-0.2, 0) is 6.42 Å². The van der Waals surface area contributed by atoms with Gasteiger partial charge < -0.3 is 0 Å². The topological polar surface area (TPSA) is 17.1 Å². The van der Waals surface area contributed by atoms with Crippen LogP contribution in [0.25, 0.3) is 0 Å². The van der Waals surface area contributed by atoms with Gasteiger partial charge in [0.15, 0.2) is 5.78 Å². The van der Waals surface area contributed by atoms with Gasteiger partial charge in [-0.2, -0.15) is 0 Å². The zero-order valence-corrected chi connectivity index (χ0v) is 9.61.